The highest BCUT2D eigenvalue weighted by Gasteiger charge is 2.18. The second-order valence-electron chi connectivity index (χ2n) is 6.50. The SMILES string of the molecule is O=C(NCCCN1CCN(c2ncccn2)CC1)c1csc(-c2ccco2)n1. The first-order valence-corrected chi connectivity index (χ1v) is 10.2. The number of piperazine rings is 1. The summed E-state index contributed by atoms with van der Waals surface area (Å²) in [6.07, 6.45) is 6.06. The molecular formula is C19H22N6O2S. The monoisotopic (exact) mass is 398 g/mol. The fourth-order valence-corrected chi connectivity index (χ4v) is 3.88. The van der Waals surface area contributed by atoms with Gasteiger partial charge in [-0.15, -0.1) is 11.3 Å². The maximum absolute atomic E-state index is 12.2. The summed E-state index contributed by atoms with van der Waals surface area (Å²) in [6.45, 7) is 5.39. The van der Waals surface area contributed by atoms with Crippen LogP contribution in [-0.2, 0) is 0 Å². The number of furan rings is 1. The minimum absolute atomic E-state index is 0.139. The molecule has 1 aliphatic heterocycles. The number of carbonyl (C=O) groups is 1. The van der Waals surface area contributed by atoms with E-state index < -0.39 is 0 Å². The first-order valence-electron chi connectivity index (χ1n) is 9.31. The van der Waals surface area contributed by atoms with Crippen LogP contribution in [0.1, 0.15) is 16.9 Å². The normalized spacial score (nSPS) is 14.9. The van der Waals surface area contributed by atoms with Crippen LogP contribution in [0.4, 0.5) is 5.95 Å². The van der Waals surface area contributed by atoms with E-state index in [0.717, 1.165) is 50.1 Å². The molecule has 1 saturated heterocycles. The van der Waals surface area contributed by atoms with Crippen molar-refractivity contribution < 1.29 is 9.21 Å². The highest BCUT2D eigenvalue weighted by Crippen LogP contribution is 2.23. The largest absolute Gasteiger partial charge is 0.462 e. The van der Waals surface area contributed by atoms with E-state index in [1.54, 1.807) is 24.0 Å². The number of anilines is 1. The molecule has 0 spiro atoms. The average Bonchev–Trinajstić information content (AvgIpc) is 3.44. The second kappa shape index (κ2) is 8.94. The summed E-state index contributed by atoms with van der Waals surface area (Å²) in [4.78, 5) is 29.8. The van der Waals surface area contributed by atoms with E-state index in [4.69, 9.17) is 4.42 Å². The van der Waals surface area contributed by atoms with Crippen molar-refractivity contribution in [2.75, 3.05) is 44.2 Å². The van der Waals surface area contributed by atoms with Crippen molar-refractivity contribution in [2.24, 2.45) is 0 Å². The van der Waals surface area contributed by atoms with Crippen molar-refractivity contribution in [3.8, 4) is 10.8 Å². The van der Waals surface area contributed by atoms with Gasteiger partial charge in [0.1, 0.15) is 5.69 Å². The molecule has 3 aromatic rings. The van der Waals surface area contributed by atoms with Crippen LogP contribution in [0, 0.1) is 0 Å². The zero-order chi connectivity index (χ0) is 19.2. The Morgan fingerprint density at radius 2 is 2.00 bits per heavy atom. The van der Waals surface area contributed by atoms with Gasteiger partial charge in [0.15, 0.2) is 10.8 Å². The summed E-state index contributed by atoms with van der Waals surface area (Å²) >= 11 is 1.41. The minimum Gasteiger partial charge on any atom is -0.462 e. The molecule has 1 aliphatic rings. The molecule has 3 aromatic heterocycles. The Morgan fingerprint density at radius 3 is 2.75 bits per heavy atom. The van der Waals surface area contributed by atoms with Gasteiger partial charge in [-0.2, -0.15) is 0 Å². The highest BCUT2D eigenvalue weighted by molar-refractivity contribution is 7.13. The molecule has 0 aromatic carbocycles. The number of hydrogen-bond donors (Lipinski definition) is 1. The predicted octanol–water partition coefficient (Wildman–Crippen LogP) is 2.14. The van der Waals surface area contributed by atoms with E-state index in [1.165, 1.54) is 11.3 Å². The highest BCUT2D eigenvalue weighted by atomic mass is 32.1. The molecule has 4 rings (SSSR count). The molecular weight excluding hydrogens is 376 g/mol. The molecule has 0 radical (unpaired) electrons. The smallest absolute Gasteiger partial charge is 0.270 e. The predicted molar refractivity (Wildman–Crippen MR) is 107 cm³/mol. The van der Waals surface area contributed by atoms with E-state index >= 15 is 0 Å². The maximum Gasteiger partial charge on any atom is 0.270 e. The summed E-state index contributed by atoms with van der Waals surface area (Å²) in [5.74, 6) is 1.34. The number of rotatable bonds is 7. The maximum atomic E-state index is 12.2. The molecule has 0 atom stereocenters. The quantitative estimate of drug-likeness (QED) is 0.610. The molecule has 0 unspecified atom stereocenters. The number of carbonyl (C=O) groups excluding carboxylic acids is 1. The van der Waals surface area contributed by atoms with Crippen molar-refractivity contribution in [1.29, 1.82) is 0 Å². The van der Waals surface area contributed by atoms with Gasteiger partial charge in [0, 0.05) is 50.5 Å². The number of thiazole rings is 1. The van der Waals surface area contributed by atoms with Gasteiger partial charge in [0.05, 0.1) is 6.26 Å². The third-order valence-corrected chi connectivity index (χ3v) is 5.47. The Bertz CT molecular complexity index is 875. The molecule has 146 valence electrons. The third-order valence-electron chi connectivity index (χ3n) is 4.61. The van der Waals surface area contributed by atoms with Crippen molar-refractivity contribution >= 4 is 23.2 Å². The van der Waals surface area contributed by atoms with E-state index in [0.29, 0.717) is 18.0 Å². The molecule has 0 bridgehead atoms. The number of nitrogens with one attached hydrogen (secondary N) is 1. The van der Waals surface area contributed by atoms with Gasteiger partial charge in [-0.25, -0.2) is 15.0 Å². The molecule has 28 heavy (non-hydrogen) atoms. The topological polar surface area (TPSA) is 87.4 Å². The fourth-order valence-electron chi connectivity index (χ4n) is 3.11. The van der Waals surface area contributed by atoms with Gasteiger partial charge in [0.25, 0.3) is 5.91 Å². The first kappa shape index (κ1) is 18.6. The van der Waals surface area contributed by atoms with Gasteiger partial charge in [0.2, 0.25) is 5.95 Å². The summed E-state index contributed by atoms with van der Waals surface area (Å²) in [5.41, 5.74) is 0.438. The molecule has 1 N–H and O–H groups in total. The lowest BCUT2D eigenvalue weighted by atomic mass is 10.3. The molecule has 1 fully saturated rings. The standard InChI is InChI=1S/C19H22N6O2S/c26-17(15-14-28-18(23-15)16-4-1-13-27-16)20-7-3-8-24-9-11-25(12-10-24)19-21-5-2-6-22-19/h1-2,4-6,13-14H,3,7-12H2,(H,20,26). The lowest BCUT2D eigenvalue weighted by molar-refractivity contribution is 0.0947. The first-order chi connectivity index (χ1) is 13.8. The van der Waals surface area contributed by atoms with Crippen molar-refractivity contribution in [1.82, 2.24) is 25.2 Å². The zero-order valence-electron chi connectivity index (χ0n) is 15.5. The lowest BCUT2D eigenvalue weighted by Gasteiger charge is -2.34. The van der Waals surface area contributed by atoms with Crippen LogP contribution in [0.2, 0.25) is 0 Å². The van der Waals surface area contributed by atoms with Gasteiger partial charge in [-0.3, -0.25) is 9.69 Å². The second-order valence-corrected chi connectivity index (χ2v) is 7.36. The Hall–Kier alpha value is -2.78. The van der Waals surface area contributed by atoms with E-state index in [2.05, 4.69) is 30.1 Å². The molecule has 4 heterocycles. The Morgan fingerprint density at radius 1 is 1.18 bits per heavy atom. The van der Waals surface area contributed by atoms with Crippen LogP contribution < -0.4 is 10.2 Å². The molecule has 0 saturated carbocycles. The number of aromatic nitrogens is 3. The van der Waals surface area contributed by atoms with E-state index in [9.17, 15) is 4.79 Å². The average molecular weight is 398 g/mol. The Balaban J connectivity index is 1.16. The van der Waals surface area contributed by atoms with Crippen LogP contribution in [-0.4, -0.2) is 65.0 Å². The van der Waals surface area contributed by atoms with Crippen LogP contribution in [0.15, 0.2) is 46.7 Å². The summed E-state index contributed by atoms with van der Waals surface area (Å²) in [7, 11) is 0. The Kier molecular flexibility index (Phi) is 5.93. The van der Waals surface area contributed by atoms with Crippen molar-refractivity contribution in [3.63, 3.8) is 0 Å². The van der Waals surface area contributed by atoms with E-state index in [1.807, 2.05) is 18.2 Å². The van der Waals surface area contributed by atoms with Gasteiger partial charge in [-0.05, 0) is 31.2 Å². The van der Waals surface area contributed by atoms with Crippen LogP contribution in [0.3, 0.4) is 0 Å². The van der Waals surface area contributed by atoms with Gasteiger partial charge >= 0.3 is 0 Å². The van der Waals surface area contributed by atoms with Crippen molar-refractivity contribution in [3.05, 3.63) is 47.9 Å². The van der Waals surface area contributed by atoms with E-state index in [-0.39, 0.29) is 5.91 Å². The lowest BCUT2D eigenvalue weighted by Crippen LogP contribution is -2.47. The number of amides is 1. The summed E-state index contributed by atoms with van der Waals surface area (Å²) < 4.78 is 5.31. The zero-order valence-corrected chi connectivity index (χ0v) is 16.3. The number of nitrogens with zero attached hydrogens (tertiary/aromatic N) is 5. The van der Waals surface area contributed by atoms with Crippen LogP contribution >= 0.6 is 11.3 Å². The molecule has 9 heteroatoms. The van der Waals surface area contributed by atoms with Crippen molar-refractivity contribution in [2.45, 2.75) is 6.42 Å². The summed E-state index contributed by atoms with van der Waals surface area (Å²) in [5, 5.41) is 5.43. The third kappa shape index (κ3) is 4.55. The molecule has 0 aliphatic carbocycles. The fraction of sp³-hybridized carbons (Fsp3) is 0.368. The van der Waals surface area contributed by atoms with Gasteiger partial charge in [-0.1, -0.05) is 0 Å². The van der Waals surface area contributed by atoms with Gasteiger partial charge < -0.3 is 14.6 Å². The van der Waals surface area contributed by atoms with Crippen LogP contribution in [0.25, 0.3) is 10.8 Å². The molecule has 8 nitrogen and oxygen atoms in total. The minimum atomic E-state index is -0.139. The summed E-state index contributed by atoms with van der Waals surface area (Å²) in [6, 6.07) is 5.48. The molecule has 1 amide bonds. The van der Waals surface area contributed by atoms with Crippen LogP contribution in [0.5, 0.6) is 0 Å². The number of hydrogen-bond acceptors (Lipinski definition) is 8. The Labute approximate surface area is 167 Å².